The van der Waals surface area contributed by atoms with Crippen molar-refractivity contribution in [2.24, 2.45) is 5.92 Å². The highest BCUT2D eigenvalue weighted by Crippen LogP contribution is 2.48. The number of ketones is 1. The first-order valence-electron chi connectivity index (χ1n) is 5.00. The minimum Gasteiger partial charge on any atom is -0.451 e. The Morgan fingerprint density at radius 1 is 1.57 bits per heavy atom. The fraction of sp³-hybridized carbons (Fsp3) is 0.800. The third-order valence-corrected chi connectivity index (χ3v) is 3.30. The van der Waals surface area contributed by atoms with E-state index in [1.54, 1.807) is 0 Å². The molecule has 0 aliphatic heterocycles. The molecule has 0 spiro atoms. The first-order chi connectivity index (χ1) is 6.58. The maximum atomic E-state index is 11.5. The lowest BCUT2D eigenvalue weighted by atomic mass is 9.58. The first-order valence-corrected chi connectivity index (χ1v) is 5.00. The number of carbonyl (C=O) groups is 2. The molecule has 2 aliphatic carbocycles. The summed E-state index contributed by atoms with van der Waals surface area (Å²) >= 11 is 0. The number of Topliss-reactive ketones (excluding diaryl/α,β-unsaturated/α-hetero) is 1. The van der Waals surface area contributed by atoms with Gasteiger partial charge in [-0.05, 0) is 19.3 Å². The van der Waals surface area contributed by atoms with Crippen LogP contribution in [0.1, 0.15) is 32.6 Å². The molecule has 2 saturated carbocycles. The molecule has 0 bridgehead atoms. The predicted octanol–water partition coefficient (Wildman–Crippen LogP) is 0.422. The second kappa shape index (κ2) is 3.05. The molecule has 0 aromatic carbocycles. The summed E-state index contributed by atoms with van der Waals surface area (Å²) in [4.78, 5) is 22.4. The van der Waals surface area contributed by atoms with Crippen molar-refractivity contribution in [3.05, 3.63) is 0 Å². The van der Waals surface area contributed by atoms with E-state index in [9.17, 15) is 14.7 Å². The summed E-state index contributed by atoms with van der Waals surface area (Å²) in [5.74, 6) is -0.901. The molecule has 0 amide bonds. The van der Waals surface area contributed by atoms with E-state index in [2.05, 4.69) is 0 Å². The maximum absolute atomic E-state index is 11.5. The van der Waals surface area contributed by atoms with Crippen LogP contribution in [0.3, 0.4) is 0 Å². The van der Waals surface area contributed by atoms with Crippen LogP contribution in [0.2, 0.25) is 0 Å². The van der Waals surface area contributed by atoms with Crippen molar-refractivity contribution in [3.63, 3.8) is 0 Å². The van der Waals surface area contributed by atoms with Gasteiger partial charge in [0.2, 0.25) is 5.78 Å². The molecule has 0 aromatic rings. The summed E-state index contributed by atoms with van der Waals surface area (Å²) in [6.07, 6.45) is 2.34. The Bertz CT molecular complexity index is 286. The van der Waals surface area contributed by atoms with Crippen molar-refractivity contribution < 1.29 is 19.4 Å². The Morgan fingerprint density at radius 3 is 2.93 bits per heavy atom. The Labute approximate surface area is 82.2 Å². The molecule has 2 aliphatic rings. The molecular weight excluding hydrogens is 184 g/mol. The zero-order chi connectivity index (χ0) is 10.3. The fourth-order valence-corrected chi connectivity index (χ4v) is 2.66. The van der Waals surface area contributed by atoms with Gasteiger partial charge in [0.15, 0.2) is 5.60 Å². The standard InChI is InChI=1S/C10H14O4/c1-6(11)14-10-5-3-2-4-7(10)8(12)9(10)13/h7-8,12H,2-5H2,1H3/t7-,8-,10+/m0/s1. The Morgan fingerprint density at radius 2 is 2.29 bits per heavy atom. The van der Waals surface area contributed by atoms with Gasteiger partial charge in [0.05, 0.1) is 0 Å². The molecule has 0 heterocycles. The van der Waals surface area contributed by atoms with E-state index in [1.807, 2.05) is 0 Å². The minimum absolute atomic E-state index is 0.160. The largest absolute Gasteiger partial charge is 0.451 e. The highest BCUT2D eigenvalue weighted by Gasteiger charge is 2.64. The average Bonchev–Trinajstić information content (AvgIpc) is 2.16. The van der Waals surface area contributed by atoms with E-state index in [1.165, 1.54) is 6.92 Å². The number of carbonyl (C=O) groups excluding carboxylic acids is 2. The fourth-order valence-electron chi connectivity index (χ4n) is 2.66. The lowest BCUT2D eigenvalue weighted by Gasteiger charge is -2.52. The third kappa shape index (κ3) is 1.10. The number of rotatable bonds is 1. The van der Waals surface area contributed by atoms with Gasteiger partial charge in [-0.15, -0.1) is 0 Å². The molecule has 2 rings (SSSR count). The summed E-state index contributed by atoms with van der Waals surface area (Å²) in [5.41, 5.74) is -0.969. The maximum Gasteiger partial charge on any atom is 0.303 e. The van der Waals surface area contributed by atoms with Crippen LogP contribution in [0, 0.1) is 5.92 Å². The minimum atomic E-state index is -0.969. The van der Waals surface area contributed by atoms with Crippen LogP contribution < -0.4 is 0 Å². The van der Waals surface area contributed by atoms with E-state index < -0.39 is 17.7 Å². The highest BCUT2D eigenvalue weighted by atomic mass is 16.6. The zero-order valence-corrected chi connectivity index (χ0v) is 8.16. The van der Waals surface area contributed by atoms with Crippen LogP contribution in [0.5, 0.6) is 0 Å². The molecule has 0 radical (unpaired) electrons. The second-order valence-electron chi connectivity index (χ2n) is 4.14. The van der Waals surface area contributed by atoms with Gasteiger partial charge in [-0.3, -0.25) is 9.59 Å². The van der Waals surface area contributed by atoms with Gasteiger partial charge >= 0.3 is 5.97 Å². The van der Waals surface area contributed by atoms with Gasteiger partial charge in [-0.25, -0.2) is 0 Å². The molecule has 2 fully saturated rings. The SMILES string of the molecule is CC(=O)O[C@]12CCCC[C@H]1[C@H](O)C2=O. The van der Waals surface area contributed by atoms with Crippen molar-refractivity contribution in [2.75, 3.05) is 0 Å². The number of hydrogen-bond acceptors (Lipinski definition) is 4. The summed E-state index contributed by atoms with van der Waals surface area (Å²) in [5, 5.41) is 9.45. The van der Waals surface area contributed by atoms with Gasteiger partial charge in [-0.1, -0.05) is 6.42 Å². The quantitative estimate of drug-likeness (QED) is 0.620. The summed E-state index contributed by atoms with van der Waals surface area (Å²) in [7, 11) is 0. The highest BCUT2D eigenvalue weighted by molar-refractivity contribution is 6.00. The van der Waals surface area contributed by atoms with Gasteiger partial charge in [0.25, 0.3) is 0 Å². The number of fused-ring (bicyclic) bond motifs is 1. The van der Waals surface area contributed by atoms with Crippen LogP contribution in [-0.4, -0.2) is 28.6 Å². The van der Waals surface area contributed by atoms with Crippen molar-refractivity contribution in [3.8, 4) is 0 Å². The molecule has 1 N–H and O–H groups in total. The Kier molecular flexibility index (Phi) is 2.10. The zero-order valence-electron chi connectivity index (χ0n) is 8.16. The molecule has 0 unspecified atom stereocenters. The topological polar surface area (TPSA) is 63.6 Å². The van der Waals surface area contributed by atoms with Crippen molar-refractivity contribution in [2.45, 2.75) is 44.3 Å². The number of ether oxygens (including phenoxy) is 1. The number of hydrogen-bond donors (Lipinski definition) is 1. The molecule has 3 atom stereocenters. The summed E-state index contributed by atoms with van der Waals surface area (Å²) in [6, 6.07) is 0. The smallest absolute Gasteiger partial charge is 0.303 e. The van der Waals surface area contributed by atoms with Crippen LogP contribution >= 0.6 is 0 Å². The second-order valence-corrected chi connectivity index (χ2v) is 4.14. The monoisotopic (exact) mass is 198 g/mol. The van der Waals surface area contributed by atoms with Crippen LogP contribution in [0.15, 0.2) is 0 Å². The number of aliphatic hydroxyl groups excluding tert-OH is 1. The molecule has 0 aromatic heterocycles. The van der Waals surface area contributed by atoms with Gasteiger partial charge in [0.1, 0.15) is 6.10 Å². The van der Waals surface area contributed by atoms with Gasteiger partial charge in [0, 0.05) is 12.8 Å². The van der Waals surface area contributed by atoms with E-state index in [0.29, 0.717) is 6.42 Å². The van der Waals surface area contributed by atoms with Crippen LogP contribution in [0.4, 0.5) is 0 Å². The van der Waals surface area contributed by atoms with E-state index in [4.69, 9.17) is 4.74 Å². The Hall–Kier alpha value is -0.900. The lowest BCUT2D eigenvalue weighted by molar-refractivity contribution is -0.213. The molecular formula is C10H14O4. The van der Waals surface area contributed by atoms with Crippen LogP contribution in [0.25, 0.3) is 0 Å². The number of esters is 1. The predicted molar refractivity (Wildman–Crippen MR) is 47.5 cm³/mol. The van der Waals surface area contributed by atoms with E-state index in [0.717, 1.165) is 19.3 Å². The van der Waals surface area contributed by atoms with Crippen LogP contribution in [-0.2, 0) is 14.3 Å². The first kappa shape index (κ1) is 9.65. The van der Waals surface area contributed by atoms with E-state index in [-0.39, 0.29) is 11.7 Å². The third-order valence-electron chi connectivity index (χ3n) is 3.30. The molecule has 4 heteroatoms. The Balaban J connectivity index is 2.20. The lowest BCUT2D eigenvalue weighted by Crippen LogP contribution is -2.69. The average molecular weight is 198 g/mol. The van der Waals surface area contributed by atoms with Crippen molar-refractivity contribution in [1.82, 2.24) is 0 Å². The van der Waals surface area contributed by atoms with Crippen molar-refractivity contribution >= 4 is 11.8 Å². The molecule has 78 valence electrons. The molecule has 0 saturated heterocycles. The summed E-state index contributed by atoms with van der Waals surface area (Å²) in [6.45, 7) is 1.30. The normalized spacial score (nSPS) is 41.1. The molecule has 4 nitrogen and oxygen atoms in total. The summed E-state index contributed by atoms with van der Waals surface area (Å²) < 4.78 is 5.11. The van der Waals surface area contributed by atoms with E-state index >= 15 is 0 Å². The number of aliphatic hydroxyl groups is 1. The molecule has 14 heavy (non-hydrogen) atoms. The van der Waals surface area contributed by atoms with Crippen molar-refractivity contribution in [1.29, 1.82) is 0 Å². The van der Waals surface area contributed by atoms with Gasteiger partial charge < -0.3 is 9.84 Å². The van der Waals surface area contributed by atoms with Gasteiger partial charge in [-0.2, -0.15) is 0 Å².